The maximum Gasteiger partial charge on any atom is 0.227 e. The molecule has 1 amide bonds. The molecule has 0 spiro atoms. The standard InChI is InChI=1S/C16H18ClN3O3/c17-12-4-2-1-3-11(12)13(21)9-18-14(22)7-8-15-19-16(20-23-15)10-5-6-10/h1-4,10,13,21H,5-9H2,(H,18,22). The van der Waals surface area contributed by atoms with Crippen LogP contribution in [0.15, 0.2) is 28.8 Å². The van der Waals surface area contributed by atoms with Gasteiger partial charge in [0.25, 0.3) is 0 Å². The van der Waals surface area contributed by atoms with Gasteiger partial charge in [-0.2, -0.15) is 4.98 Å². The molecule has 1 aromatic heterocycles. The Balaban J connectivity index is 1.43. The second-order valence-electron chi connectivity index (χ2n) is 5.66. The predicted octanol–water partition coefficient (Wildman–Crippen LogP) is 2.38. The van der Waals surface area contributed by atoms with Crippen molar-refractivity contribution in [2.45, 2.75) is 37.7 Å². The van der Waals surface area contributed by atoms with Gasteiger partial charge in [0.1, 0.15) is 0 Å². The molecule has 1 unspecified atom stereocenters. The van der Waals surface area contributed by atoms with Crippen molar-refractivity contribution in [2.24, 2.45) is 0 Å². The summed E-state index contributed by atoms with van der Waals surface area (Å²) in [4.78, 5) is 16.1. The third kappa shape index (κ3) is 4.30. The van der Waals surface area contributed by atoms with E-state index >= 15 is 0 Å². The number of carbonyl (C=O) groups excluding carboxylic acids is 1. The largest absolute Gasteiger partial charge is 0.387 e. The molecule has 1 saturated carbocycles. The van der Waals surface area contributed by atoms with E-state index in [0.717, 1.165) is 18.7 Å². The Morgan fingerprint density at radius 2 is 2.22 bits per heavy atom. The molecule has 1 aliphatic rings. The normalized spacial score (nSPS) is 15.4. The second-order valence-corrected chi connectivity index (χ2v) is 6.07. The van der Waals surface area contributed by atoms with Gasteiger partial charge in [-0.15, -0.1) is 0 Å². The fraction of sp³-hybridized carbons (Fsp3) is 0.438. The molecule has 0 aliphatic heterocycles. The van der Waals surface area contributed by atoms with E-state index in [1.54, 1.807) is 24.3 Å². The zero-order chi connectivity index (χ0) is 16.2. The fourth-order valence-corrected chi connectivity index (χ4v) is 2.51. The van der Waals surface area contributed by atoms with Crippen LogP contribution < -0.4 is 5.32 Å². The van der Waals surface area contributed by atoms with Crippen molar-refractivity contribution in [2.75, 3.05) is 6.54 Å². The van der Waals surface area contributed by atoms with Gasteiger partial charge < -0.3 is 14.9 Å². The lowest BCUT2D eigenvalue weighted by Crippen LogP contribution is -2.28. The third-order valence-electron chi connectivity index (χ3n) is 3.75. The molecule has 7 heteroatoms. The minimum absolute atomic E-state index is 0.111. The van der Waals surface area contributed by atoms with Crippen molar-refractivity contribution in [1.29, 1.82) is 0 Å². The number of aryl methyl sites for hydroxylation is 1. The number of rotatable bonds is 7. The quantitative estimate of drug-likeness (QED) is 0.811. The van der Waals surface area contributed by atoms with E-state index in [2.05, 4.69) is 15.5 Å². The molecule has 1 atom stereocenters. The summed E-state index contributed by atoms with van der Waals surface area (Å²) in [5, 5.41) is 17.1. The molecule has 6 nitrogen and oxygen atoms in total. The van der Waals surface area contributed by atoms with Crippen molar-refractivity contribution in [3.8, 4) is 0 Å². The highest BCUT2D eigenvalue weighted by atomic mass is 35.5. The van der Waals surface area contributed by atoms with Crippen LogP contribution >= 0.6 is 11.6 Å². The molecule has 0 radical (unpaired) electrons. The lowest BCUT2D eigenvalue weighted by atomic mass is 10.1. The van der Waals surface area contributed by atoms with Gasteiger partial charge in [-0.05, 0) is 18.9 Å². The second kappa shape index (κ2) is 7.10. The number of carbonyl (C=O) groups is 1. The van der Waals surface area contributed by atoms with Crippen molar-refractivity contribution < 1.29 is 14.4 Å². The van der Waals surface area contributed by atoms with Crippen LogP contribution in [0.4, 0.5) is 0 Å². The van der Waals surface area contributed by atoms with Gasteiger partial charge in [0.15, 0.2) is 5.82 Å². The molecule has 2 N–H and O–H groups in total. The van der Waals surface area contributed by atoms with Gasteiger partial charge in [0.2, 0.25) is 11.8 Å². The summed E-state index contributed by atoms with van der Waals surface area (Å²) in [6, 6.07) is 7.02. The smallest absolute Gasteiger partial charge is 0.227 e. The summed E-state index contributed by atoms with van der Waals surface area (Å²) in [5.41, 5.74) is 0.598. The van der Waals surface area contributed by atoms with Gasteiger partial charge >= 0.3 is 0 Å². The van der Waals surface area contributed by atoms with E-state index in [9.17, 15) is 9.90 Å². The third-order valence-corrected chi connectivity index (χ3v) is 4.09. The number of nitrogens with one attached hydrogen (secondary N) is 1. The lowest BCUT2D eigenvalue weighted by Gasteiger charge is -2.13. The minimum Gasteiger partial charge on any atom is -0.387 e. The molecule has 1 fully saturated rings. The molecule has 23 heavy (non-hydrogen) atoms. The number of nitrogens with zero attached hydrogens (tertiary/aromatic N) is 2. The van der Waals surface area contributed by atoms with E-state index in [0.29, 0.717) is 28.8 Å². The summed E-state index contributed by atoms with van der Waals surface area (Å²) in [7, 11) is 0. The zero-order valence-corrected chi connectivity index (χ0v) is 13.3. The summed E-state index contributed by atoms with van der Waals surface area (Å²) in [6.07, 6.45) is 2.02. The summed E-state index contributed by atoms with van der Waals surface area (Å²) in [6.45, 7) is 0.111. The Bertz CT molecular complexity index is 685. The molecule has 0 bridgehead atoms. The molecule has 1 heterocycles. The Labute approximate surface area is 138 Å². The van der Waals surface area contributed by atoms with Crippen LogP contribution in [0.3, 0.4) is 0 Å². The van der Waals surface area contributed by atoms with Gasteiger partial charge in [-0.3, -0.25) is 4.79 Å². The number of aliphatic hydroxyl groups excluding tert-OH is 1. The number of hydrogen-bond acceptors (Lipinski definition) is 5. The SMILES string of the molecule is O=C(CCc1nc(C2CC2)no1)NCC(O)c1ccccc1Cl. The number of hydrogen-bond donors (Lipinski definition) is 2. The maximum absolute atomic E-state index is 11.8. The summed E-state index contributed by atoms with van der Waals surface area (Å²) >= 11 is 6.01. The Kier molecular flexibility index (Phi) is 4.93. The molecule has 122 valence electrons. The highest BCUT2D eigenvalue weighted by Crippen LogP contribution is 2.38. The van der Waals surface area contributed by atoms with E-state index in [1.807, 2.05) is 0 Å². The van der Waals surface area contributed by atoms with Crippen LogP contribution in [0.2, 0.25) is 5.02 Å². The minimum atomic E-state index is -0.836. The monoisotopic (exact) mass is 335 g/mol. The predicted molar refractivity (Wildman–Crippen MR) is 84.0 cm³/mol. The van der Waals surface area contributed by atoms with Gasteiger partial charge in [-0.1, -0.05) is 35.0 Å². The van der Waals surface area contributed by atoms with E-state index in [1.165, 1.54) is 0 Å². The van der Waals surface area contributed by atoms with Gasteiger partial charge in [0.05, 0.1) is 6.10 Å². The van der Waals surface area contributed by atoms with Gasteiger partial charge in [-0.25, -0.2) is 0 Å². The maximum atomic E-state index is 11.8. The zero-order valence-electron chi connectivity index (χ0n) is 12.5. The van der Waals surface area contributed by atoms with Crippen molar-refractivity contribution in [1.82, 2.24) is 15.5 Å². The number of benzene rings is 1. The van der Waals surface area contributed by atoms with Crippen LogP contribution in [0.25, 0.3) is 0 Å². The van der Waals surface area contributed by atoms with Gasteiger partial charge in [0, 0.05) is 35.9 Å². The van der Waals surface area contributed by atoms with E-state index in [-0.39, 0.29) is 18.9 Å². The van der Waals surface area contributed by atoms with E-state index in [4.69, 9.17) is 16.1 Å². The highest BCUT2D eigenvalue weighted by Gasteiger charge is 2.28. The average molecular weight is 336 g/mol. The van der Waals surface area contributed by atoms with Crippen LogP contribution in [0, 0.1) is 0 Å². The van der Waals surface area contributed by atoms with Crippen LogP contribution in [-0.2, 0) is 11.2 Å². The fourth-order valence-electron chi connectivity index (χ4n) is 2.25. The topological polar surface area (TPSA) is 88.2 Å². The first-order chi connectivity index (χ1) is 11.1. The molecular weight excluding hydrogens is 318 g/mol. The first kappa shape index (κ1) is 16.0. The number of aliphatic hydroxyl groups is 1. The van der Waals surface area contributed by atoms with Crippen LogP contribution in [-0.4, -0.2) is 27.7 Å². The molecule has 0 saturated heterocycles. The average Bonchev–Trinajstić information content (AvgIpc) is 3.30. The van der Waals surface area contributed by atoms with E-state index < -0.39 is 6.10 Å². The summed E-state index contributed by atoms with van der Waals surface area (Å²) < 4.78 is 5.12. The molecule has 3 rings (SSSR count). The van der Waals surface area contributed by atoms with Crippen LogP contribution in [0.5, 0.6) is 0 Å². The lowest BCUT2D eigenvalue weighted by molar-refractivity contribution is -0.121. The molecular formula is C16H18ClN3O3. The molecule has 1 aliphatic carbocycles. The highest BCUT2D eigenvalue weighted by molar-refractivity contribution is 6.31. The first-order valence-corrected chi connectivity index (χ1v) is 8.03. The van der Waals surface area contributed by atoms with Crippen molar-refractivity contribution >= 4 is 17.5 Å². The number of amides is 1. The Hall–Kier alpha value is -1.92. The summed E-state index contributed by atoms with van der Waals surface area (Å²) in [5.74, 6) is 1.48. The molecule has 2 aromatic rings. The Morgan fingerprint density at radius 1 is 1.43 bits per heavy atom. The number of aromatic nitrogens is 2. The molecule has 1 aromatic carbocycles. The Morgan fingerprint density at radius 3 is 2.96 bits per heavy atom. The number of halogens is 1. The first-order valence-electron chi connectivity index (χ1n) is 7.65. The van der Waals surface area contributed by atoms with Crippen molar-refractivity contribution in [3.05, 3.63) is 46.6 Å². The van der Waals surface area contributed by atoms with Crippen molar-refractivity contribution in [3.63, 3.8) is 0 Å². The van der Waals surface area contributed by atoms with Crippen LogP contribution in [0.1, 0.15) is 48.6 Å².